The molecular formula is C15H20BrNO. The van der Waals surface area contributed by atoms with Crippen molar-refractivity contribution in [3.05, 3.63) is 35.9 Å². The summed E-state index contributed by atoms with van der Waals surface area (Å²) >= 11 is 3.67. The lowest BCUT2D eigenvalue weighted by atomic mass is 9.99. The molecule has 2 nitrogen and oxygen atoms in total. The van der Waals surface area contributed by atoms with E-state index < -0.39 is 0 Å². The molecule has 0 radical (unpaired) electrons. The summed E-state index contributed by atoms with van der Waals surface area (Å²) < 4.78 is 0. The van der Waals surface area contributed by atoms with E-state index in [1.165, 1.54) is 5.56 Å². The van der Waals surface area contributed by atoms with Gasteiger partial charge < -0.3 is 4.90 Å². The lowest BCUT2D eigenvalue weighted by Gasteiger charge is -2.34. The van der Waals surface area contributed by atoms with Gasteiger partial charge in [0.1, 0.15) is 0 Å². The Kier molecular flexibility index (Phi) is 4.81. The van der Waals surface area contributed by atoms with Gasteiger partial charge in [-0.3, -0.25) is 4.79 Å². The first-order valence-electron chi connectivity index (χ1n) is 6.62. The first-order valence-corrected chi connectivity index (χ1v) is 7.54. The Bertz CT molecular complexity index is 393. The van der Waals surface area contributed by atoms with Gasteiger partial charge in [-0.25, -0.2) is 0 Å². The first kappa shape index (κ1) is 13.6. The van der Waals surface area contributed by atoms with E-state index >= 15 is 0 Å². The molecule has 0 spiro atoms. The van der Waals surface area contributed by atoms with Gasteiger partial charge in [0.25, 0.3) is 0 Å². The Morgan fingerprint density at radius 1 is 1.39 bits per heavy atom. The quantitative estimate of drug-likeness (QED) is 0.785. The number of likely N-dealkylation sites (tertiary alicyclic amines) is 1. The minimum Gasteiger partial charge on any atom is -0.342 e. The van der Waals surface area contributed by atoms with Gasteiger partial charge in [0, 0.05) is 24.3 Å². The summed E-state index contributed by atoms with van der Waals surface area (Å²) in [5, 5.41) is 0. The number of halogens is 1. The lowest BCUT2D eigenvalue weighted by molar-refractivity contribution is -0.132. The SMILES string of the molecule is CC1CN(C(=O)CCc2ccccc2)CCC1Br. The molecule has 3 heteroatoms. The standard InChI is InChI=1S/C15H20BrNO/c1-12-11-17(10-9-14(12)16)15(18)8-7-13-5-3-2-4-6-13/h2-6,12,14H,7-11H2,1H3. The summed E-state index contributed by atoms with van der Waals surface area (Å²) in [6, 6.07) is 10.2. The van der Waals surface area contributed by atoms with Crippen LogP contribution < -0.4 is 0 Å². The molecule has 0 N–H and O–H groups in total. The predicted octanol–water partition coefficient (Wildman–Crippen LogP) is 3.25. The van der Waals surface area contributed by atoms with Crippen molar-refractivity contribution in [2.24, 2.45) is 5.92 Å². The molecule has 0 saturated carbocycles. The second kappa shape index (κ2) is 6.37. The minimum absolute atomic E-state index is 0.296. The van der Waals surface area contributed by atoms with Crippen LogP contribution in [0.5, 0.6) is 0 Å². The molecule has 1 aliphatic rings. The van der Waals surface area contributed by atoms with Gasteiger partial charge in [0.2, 0.25) is 5.91 Å². The van der Waals surface area contributed by atoms with Gasteiger partial charge in [-0.2, -0.15) is 0 Å². The maximum atomic E-state index is 12.1. The lowest BCUT2D eigenvalue weighted by Crippen LogP contribution is -2.43. The number of piperidine rings is 1. The average molecular weight is 310 g/mol. The van der Waals surface area contributed by atoms with Crippen LogP contribution in [-0.4, -0.2) is 28.7 Å². The van der Waals surface area contributed by atoms with Crippen molar-refractivity contribution in [1.82, 2.24) is 4.90 Å². The van der Waals surface area contributed by atoms with Crippen LogP contribution in [0, 0.1) is 5.92 Å². The zero-order valence-electron chi connectivity index (χ0n) is 10.8. The third kappa shape index (κ3) is 3.58. The zero-order chi connectivity index (χ0) is 13.0. The molecule has 1 aliphatic heterocycles. The van der Waals surface area contributed by atoms with Crippen LogP contribution in [0.4, 0.5) is 0 Å². The summed E-state index contributed by atoms with van der Waals surface area (Å²) in [4.78, 5) is 14.7. The summed E-state index contributed by atoms with van der Waals surface area (Å²) in [5.74, 6) is 0.851. The zero-order valence-corrected chi connectivity index (χ0v) is 12.4. The molecule has 1 saturated heterocycles. The molecule has 18 heavy (non-hydrogen) atoms. The number of aryl methyl sites for hydroxylation is 1. The van der Waals surface area contributed by atoms with Gasteiger partial charge in [-0.05, 0) is 24.3 Å². The number of rotatable bonds is 3. The van der Waals surface area contributed by atoms with E-state index in [4.69, 9.17) is 0 Å². The molecule has 0 aromatic heterocycles. The highest BCUT2D eigenvalue weighted by Crippen LogP contribution is 2.23. The third-order valence-electron chi connectivity index (χ3n) is 3.62. The highest BCUT2D eigenvalue weighted by Gasteiger charge is 2.26. The summed E-state index contributed by atoms with van der Waals surface area (Å²) in [5.41, 5.74) is 1.24. The van der Waals surface area contributed by atoms with Crippen molar-refractivity contribution >= 4 is 21.8 Å². The van der Waals surface area contributed by atoms with Gasteiger partial charge >= 0.3 is 0 Å². The Morgan fingerprint density at radius 3 is 2.78 bits per heavy atom. The van der Waals surface area contributed by atoms with Crippen LogP contribution >= 0.6 is 15.9 Å². The number of benzene rings is 1. The highest BCUT2D eigenvalue weighted by atomic mass is 79.9. The maximum absolute atomic E-state index is 12.1. The van der Waals surface area contributed by atoms with Crippen molar-refractivity contribution in [1.29, 1.82) is 0 Å². The van der Waals surface area contributed by atoms with Gasteiger partial charge in [-0.15, -0.1) is 0 Å². The van der Waals surface area contributed by atoms with E-state index in [2.05, 4.69) is 35.0 Å². The van der Waals surface area contributed by atoms with E-state index in [-0.39, 0.29) is 0 Å². The number of carbonyl (C=O) groups excluding carboxylic acids is 1. The second-order valence-corrected chi connectivity index (χ2v) is 6.28. The number of nitrogens with zero attached hydrogens (tertiary/aromatic N) is 1. The summed E-state index contributed by atoms with van der Waals surface area (Å²) in [6.07, 6.45) is 2.55. The van der Waals surface area contributed by atoms with E-state index in [0.717, 1.165) is 25.9 Å². The van der Waals surface area contributed by atoms with E-state index in [1.807, 2.05) is 23.1 Å². The molecule has 1 fully saturated rings. The van der Waals surface area contributed by atoms with Gasteiger partial charge in [-0.1, -0.05) is 53.2 Å². The Hall–Kier alpha value is -0.830. The fourth-order valence-electron chi connectivity index (χ4n) is 2.40. The highest BCUT2D eigenvalue weighted by molar-refractivity contribution is 9.09. The number of carbonyl (C=O) groups is 1. The maximum Gasteiger partial charge on any atom is 0.222 e. The molecule has 98 valence electrons. The topological polar surface area (TPSA) is 20.3 Å². The molecule has 0 bridgehead atoms. The van der Waals surface area contributed by atoms with Gasteiger partial charge in [0.15, 0.2) is 0 Å². The second-order valence-electron chi connectivity index (χ2n) is 5.11. The van der Waals surface area contributed by atoms with Crippen LogP contribution in [0.1, 0.15) is 25.3 Å². The van der Waals surface area contributed by atoms with Crippen molar-refractivity contribution in [2.45, 2.75) is 31.0 Å². The molecule has 1 heterocycles. The van der Waals surface area contributed by atoms with Crippen LogP contribution in [0.3, 0.4) is 0 Å². The van der Waals surface area contributed by atoms with E-state index in [0.29, 0.717) is 23.1 Å². The minimum atomic E-state index is 0.296. The van der Waals surface area contributed by atoms with Crippen LogP contribution in [0.25, 0.3) is 0 Å². The molecule has 1 aromatic carbocycles. The summed E-state index contributed by atoms with van der Waals surface area (Å²) in [7, 11) is 0. The number of amides is 1. The van der Waals surface area contributed by atoms with E-state index in [1.54, 1.807) is 0 Å². The molecule has 2 rings (SSSR count). The fourth-order valence-corrected chi connectivity index (χ4v) is 2.77. The van der Waals surface area contributed by atoms with Crippen molar-refractivity contribution < 1.29 is 4.79 Å². The third-order valence-corrected chi connectivity index (χ3v) is 4.98. The average Bonchev–Trinajstić information content (AvgIpc) is 2.40. The normalized spacial score (nSPS) is 24.0. The van der Waals surface area contributed by atoms with Crippen molar-refractivity contribution in [3.8, 4) is 0 Å². The van der Waals surface area contributed by atoms with Crippen LogP contribution in [-0.2, 0) is 11.2 Å². The van der Waals surface area contributed by atoms with Crippen LogP contribution in [0.15, 0.2) is 30.3 Å². The molecule has 1 amide bonds. The van der Waals surface area contributed by atoms with Crippen molar-refractivity contribution in [2.75, 3.05) is 13.1 Å². The summed E-state index contributed by atoms with van der Waals surface area (Å²) in [6.45, 7) is 3.99. The van der Waals surface area contributed by atoms with E-state index in [9.17, 15) is 4.79 Å². The predicted molar refractivity (Wildman–Crippen MR) is 77.8 cm³/mol. The smallest absolute Gasteiger partial charge is 0.222 e. The molecule has 1 aromatic rings. The van der Waals surface area contributed by atoms with Crippen LogP contribution in [0.2, 0.25) is 0 Å². The largest absolute Gasteiger partial charge is 0.342 e. The fraction of sp³-hybridized carbons (Fsp3) is 0.533. The molecule has 0 aliphatic carbocycles. The number of alkyl halides is 1. The Labute approximate surface area is 117 Å². The monoisotopic (exact) mass is 309 g/mol. The number of hydrogen-bond donors (Lipinski definition) is 0. The Balaban J connectivity index is 1.82. The molecular weight excluding hydrogens is 290 g/mol. The van der Waals surface area contributed by atoms with Gasteiger partial charge in [0.05, 0.1) is 0 Å². The molecule has 2 unspecified atom stereocenters. The van der Waals surface area contributed by atoms with Crippen molar-refractivity contribution in [3.63, 3.8) is 0 Å². The number of hydrogen-bond acceptors (Lipinski definition) is 1. The Morgan fingerprint density at radius 2 is 2.11 bits per heavy atom. The molecule has 2 atom stereocenters. The first-order chi connectivity index (χ1) is 8.66.